The van der Waals surface area contributed by atoms with Crippen LogP contribution in [0.4, 0.5) is 11.4 Å². The molecular weight excluding hydrogens is 392 g/mol. The number of amides is 1. The summed E-state index contributed by atoms with van der Waals surface area (Å²) in [5.74, 6) is -1.43. The zero-order valence-corrected chi connectivity index (χ0v) is 15.8. The Hall–Kier alpha value is -3.33. The van der Waals surface area contributed by atoms with Gasteiger partial charge in [-0.25, -0.2) is 4.79 Å². The molecule has 0 aliphatic rings. The Morgan fingerprint density at radius 3 is 2.57 bits per heavy atom. The van der Waals surface area contributed by atoms with E-state index < -0.39 is 29.1 Å². The fourth-order valence-electron chi connectivity index (χ4n) is 2.26. The van der Waals surface area contributed by atoms with Gasteiger partial charge in [-0.15, -0.1) is 0 Å². The van der Waals surface area contributed by atoms with Crippen molar-refractivity contribution in [3.05, 3.63) is 57.1 Å². The smallest absolute Gasteiger partial charge is 0.345 e. The van der Waals surface area contributed by atoms with Crippen molar-refractivity contribution in [2.45, 2.75) is 6.92 Å². The molecule has 28 heavy (non-hydrogen) atoms. The highest BCUT2D eigenvalue weighted by atomic mass is 35.5. The fraction of sp³-hybridized carbons (Fsp3) is 0.222. The number of ether oxygens (including phenoxy) is 3. The van der Waals surface area contributed by atoms with Crippen LogP contribution in [-0.2, 0) is 9.53 Å². The van der Waals surface area contributed by atoms with E-state index >= 15 is 0 Å². The molecule has 10 heteroatoms. The van der Waals surface area contributed by atoms with Gasteiger partial charge in [0.1, 0.15) is 5.56 Å². The predicted molar refractivity (Wildman–Crippen MR) is 101 cm³/mol. The van der Waals surface area contributed by atoms with Crippen LogP contribution < -0.4 is 14.8 Å². The molecule has 0 saturated heterocycles. The maximum Gasteiger partial charge on any atom is 0.345 e. The number of esters is 1. The summed E-state index contributed by atoms with van der Waals surface area (Å²) in [6.45, 7) is 1.31. The monoisotopic (exact) mass is 408 g/mol. The van der Waals surface area contributed by atoms with Gasteiger partial charge in [0.05, 0.1) is 24.7 Å². The van der Waals surface area contributed by atoms with Crippen molar-refractivity contribution < 1.29 is 28.7 Å². The minimum Gasteiger partial charge on any atom is -0.493 e. The molecule has 2 aromatic carbocycles. The van der Waals surface area contributed by atoms with Crippen LogP contribution in [0.25, 0.3) is 0 Å². The number of carbonyl (C=O) groups excluding carboxylic acids is 2. The van der Waals surface area contributed by atoms with Gasteiger partial charge in [0, 0.05) is 16.8 Å². The van der Waals surface area contributed by atoms with Crippen molar-refractivity contribution in [2.24, 2.45) is 0 Å². The molecule has 0 aromatic heterocycles. The molecule has 148 valence electrons. The maximum absolute atomic E-state index is 12.3. The second kappa shape index (κ2) is 9.56. The molecular formula is C18H17ClN2O7. The van der Waals surface area contributed by atoms with Gasteiger partial charge in [-0.1, -0.05) is 17.7 Å². The Labute approximate surface area is 165 Å². The number of methoxy groups -OCH3 is 1. The molecule has 0 saturated carbocycles. The number of benzene rings is 2. The summed E-state index contributed by atoms with van der Waals surface area (Å²) >= 11 is 5.82. The van der Waals surface area contributed by atoms with Gasteiger partial charge >= 0.3 is 5.97 Å². The first kappa shape index (κ1) is 21.0. The Balaban J connectivity index is 2.14. The summed E-state index contributed by atoms with van der Waals surface area (Å²) in [7, 11) is 1.33. The molecule has 0 spiro atoms. The summed E-state index contributed by atoms with van der Waals surface area (Å²) in [6.07, 6.45) is 0. The zero-order valence-electron chi connectivity index (χ0n) is 15.1. The minimum absolute atomic E-state index is 0.118. The van der Waals surface area contributed by atoms with Crippen LogP contribution in [0.1, 0.15) is 17.3 Å². The average molecular weight is 409 g/mol. The standard InChI is InChI=1S/C18H17ClN2O7/c1-3-27-16-9-14(21(24)25)13(8-15(16)26-2)18(23)28-10-17(22)20-12-6-4-5-11(19)7-12/h4-9H,3,10H2,1-2H3,(H,20,22). The molecule has 9 nitrogen and oxygen atoms in total. The second-order valence-electron chi connectivity index (χ2n) is 5.34. The number of nitrogens with one attached hydrogen (secondary N) is 1. The first-order valence-electron chi connectivity index (χ1n) is 8.07. The molecule has 1 N–H and O–H groups in total. The van der Waals surface area contributed by atoms with E-state index in [1.54, 1.807) is 25.1 Å². The predicted octanol–water partition coefficient (Wildman–Crippen LogP) is 3.45. The van der Waals surface area contributed by atoms with Crippen LogP contribution in [-0.4, -0.2) is 37.1 Å². The van der Waals surface area contributed by atoms with Gasteiger partial charge < -0.3 is 19.5 Å². The molecule has 2 aromatic rings. The number of nitrogens with zero attached hydrogens (tertiary/aromatic N) is 1. The van der Waals surface area contributed by atoms with Crippen molar-refractivity contribution in [1.82, 2.24) is 0 Å². The number of carbonyl (C=O) groups is 2. The number of hydrogen-bond donors (Lipinski definition) is 1. The molecule has 0 fully saturated rings. The van der Waals surface area contributed by atoms with E-state index in [9.17, 15) is 19.7 Å². The van der Waals surface area contributed by atoms with Crippen LogP contribution in [0.2, 0.25) is 5.02 Å². The summed E-state index contributed by atoms with van der Waals surface area (Å²) < 4.78 is 15.3. The fourth-order valence-corrected chi connectivity index (χ4v) is 2.45. The second-order valence-corrected chi connectivity index (χ2v) is 5.78. The Morgan fingerprint density at radius 2 is 1.96 bits per heavy atom. The number of nitro benzene ring substituents is 1. The molecule has 0 aliphatic heterocycles. The quantitative estimate of drug-likeness (QED) is 0.403. The van der Waals surface area contributed by atoms with Crippen molar-refractivity contribution in [1.29, 1.82) is 0 Å². The maximum atomic E-state index is 12.3. The normalized spacial score (nSPS) is 10.1. The van der Waals surface area contributed by atoms with Gasteiger partial charge in [0.2, 0.25) is 0 Å². The zero-order chi connectivity index (χ0) is 20.7. The summed E-state index contributed by atoms with van der Waals surface area (Å²) in [5, 5.41) is 14.2. The third-order valence-electron chi connectivity index (χ3n) is 3.44. The van der Waals surface area contributed by atoms with E-state index in [1.807, 2.05) is 0 Å². The van der Waals surface area contributed by atoms with Crippen molar-refractivity contribution in [3.63, 3.8) is 0 Å². The lowest BCUT2D eigenvalue weighted by Crippen LogP contribution is -2.21. The van der Waals surface area contributed by atoms with Crippen LogP contribution in [0.5, 0.6) is 11.5 Å². The van der Waals surface area contributed by atoms with E-state index in [0.717, 1.165) is 12.1 Å². The Bertz CT molecular complexity index is 901. The van der Waals surface area contributed by atoms with Crippen LogP contribution in [0.3, 0.4) is 0 Å². The van der Waals surface area contributed by atoms with Gasteiger partial charge in [-0.05, 0) is 25.1 Å². The summed E-state index contributed by atoms with van der Waals surface area (Å²) in [4.78, 5) is 34.8. The molecule has 0 heterocycles. The van der Waals surface area contributed by atoms with Crippen LogP contribution in [0, 0.1) is 10.1 Å². The van der Waals surface area contributed by atoms with E-state index in [4.69, 9.17) is 25.8 Å². The molecule has 0 unspecified atom stereocenters. The first-order valence-corrected chi connectivity index (χ1v) is 8.45. The lowest BCUT2D eigenvalue weighted by atomic mass is 10.1. The lowest BCUT2D eigenvalue weighted by molar-refractivity contribution is -0.385. The van der Waals surface area contributed by atoms with Gasteiger partial charge in [-0.3, -0.25) is 14.9 Å². The Kier molecular flexibility index (Phi) is 7.16. The first-order chi connectivity index (χ1) is 13.3. The molecule has 0 bridgehead atoms. The van der Waals surface area contributed by atoms with Crippen molar-refractivity contribution in [3.8, 4) is 11.5 Å². The van der Waals surface area contributed by atoms with E-state index in [2.05, 4.69) is 5.32 Å². The SMILES string of the molecule is CCOc1cc([N+](=O)[O-])c(C(=O)OCC(=O)Nc2cccc(Cl)c2)cc1OC. The van der Waals surface area contributed by atoms with Crippen LogP contribution in [0.15, 0.2) is 36.4 Å². The van der Waals surface area contributed by atoms with Gasteiger partial charge in [0.15, 0.2) is 18.1 Å². The highest BCUT2D eigenvalue weighted by Crippen LogP contribution is 2.35. The van der Waals surface area contributed by atoms with E-state index in [1.165, 1.54) is 13.2 Å². The third kappa shape index (κ3) is 5.34. The highest BCUT2D eigenvalue weighted by molar-refractivity contribution is 6.30. The van der Waals surface area contributed by atoms with Crippen molar-refractivity contribution in [2.75, 3.05) is 25.6 Å². The van der Waals surface area contributed by atoms with E-state index in [-0.39, 0.29) is 23.7 Å². The summed E-state index contributed by atoms with van der Waals surface area (Å²) in [6, 6.07) is 8.61. The summed E-state index contributed by atoms with van der Waals surface area (Å²) in [5.41, 5.74) is -0.465. The van der Waals surface area contributed by atoms with Gasteiger partial charge in [-0.2, -0.15) is 0 Å². The minimum atomic E-state index is -1.05. The molecule has 1 amide bonds. The molecule has 0 aliphatic carbocycles. The molecule has 2 rings (SSSR count). The number of halogens is 1. The number of nitro groups is 1. The largest absolute Gasteiger partial charge is 0.493 e. The van der Waals surface area contributed by atoms with E-state index in [0.29, 0.717) is 10.7 Å². The van der Waals surface area contributed by atoms with Crippen molar-refractivity contribution >= 4 is 34.9 Å². The molecule has 0 atom stereocenters. The van der Waals surface area contributed by atoms with Crippen LogP contribution >= 0.6 is 11.6 Å². The third-order valence-corrected chi connectivity index (χ3v) is 3.68. The lowest BCUT2D eigenvalue weighted by Gasteiger charge is -2.11. The van der Waals surface area contributed by atoms with Gasteiger partial charge in [0.25, 0.3) is 11.6 Å². The number of hydrogen-bond acceptors (Lipinski definition) is 7. The number of rotatable bonds is 8. The average Bonchev–Trinajstić information content (AvgIpc) is 2.66. The topological polar surface area (TPSA) is 117 Å². The highest BCUT2D eigenvalue weighted by Gasteiger charge is 2.26. The Morgan fingerprint density at radius 1 is 1.21 bits per heavy atom. The number of anilines is 1. The molecule has 0 radical (unpaired) electrons.